The van der Waals surface area contributed by atoms with Crippen molar-refractivity contribution in [3.63, 3.8) is 0 Å². The number of piperidine rings is 1. The van der Waals surface area contributed by atoms with Crippen LogP contribution in [0.4, 0.5) is 17.6 Å². The van der Waals surface area contributed by atoms with Gasteiger partial charge < -0.3 is 14.4 Å². The normalized spacial score (nSPS) is 15.6. The number of nitrogens with zero attached hydrogens (tertiary/aromatic N) is 4. The molecule has 11 heteroatoms. The van der Waals surface area contributed by atoms with Gasteiger partial charge >= 0.3 is 6.18 Å². The van der Waals surface area contributed by atoms with Crippen LogP contribution in [0.1, 0.15) is 23.3 Å². The molecule has 5 rings (SSSR count). The highest BCUT2D eigenvalue weighted by atomic mass is 19.4. The maximum atomic E-state index is 13.8. The van der Waals surface area contributed by atoms with Crippen LogP contribution < -0.4 is 0 Å². The second kappa shape index (κ2) is 7.84. The average molecular weight is 462 g/mol. The third kappa shape index (κ3) is 4.04. The van der Waals surface area contributed by atoms with Gasteiger partial charge in [0.25, 0.3) is 5.91 Å². The van der Waals surface area contributed by atoms with Gasteiger partial charge in [0.05, 0.1) is 11.6 Å². The minimum atomic E-state index is -4.56. The summed E-state index contributed by atoms with van der Waals surface area (Å²) in [7, 11) is 0. The number of amides is 1. The van der Waals surface area contributed by atoms with Gasteiger partial charge in [-0.1, -0.05) is 0 Å². The predicted molar refractivity (Wildman–Crippen MR) is 110 cm³/mol. The molecule has 7 nitrogen and oxygen atoms in total. The summed E-state index contributed by atoms with van der Waals surface area (Å²) in [6, 6.07) is 5.15. The quantitative estimate of drug-likeness (QED) is 0.463. The topological polar surface area (TPSA) is 84.4 Å². The number of aliphatic hydroxyl groups excluding tert-OH is 1. The standard InChI is InChI=1S/C22H18F4N4O3/c23-12-1-2-19-14(7-12)16(10-33-19)20-15-9-27-17(21(32)29-5-3-13(31)4-6-29)8-18(15)30(28-20)11-22(24,25)26/h1-2,7-10,13,31H,3-6,11H2. The van der Waals surface area contributed by atoms with Crippen LogP contribution in [0.2, 0.25) is 0 Å². The largest absolute Gasteiger partial charge is 0.464 e. The summed E-state index contributed by atoms with van der Waals surface area (Å²) in [6.07, 6.45) is -1.58. The molecule has 0 aliphatic carbocycles. The number of alkyl halides is 3. The van der Waals surface area contributed by atoms with Gasteiger partial charge in [0.1, 0.15) is 35.6 Å². The van der Waals surface area contributed by atoms with E-state index in [1.807, 2.05) is 0 Å². The van der Waals surface area contributed by atoms with E-state index >= 15 is 0 Å². The van der Waals surface area contributed by atoms with Crippen LogP contribution in [0.15, 0.2) is 41.1 Å². The molecule has 33 heavy (non-hydrogen) atoms. The van der Waals surface area contributed by atoms with Crippen molar-refractivity contribution >= 4 is 27.8 Å². The van der Waals surface area contributed by atoms with E-state index in [-0.39, 0.29) is 22.3 Å². The van der Waals surface area contributed by atoms with Gasteiger partial charge in [-0.15, -0.1) is 0 Å². The summed E-state index contributed by atoms with van der Waals surface area (Å²) in [5.41, 5.74) is 0.879. The molecular formula is C22H18F4N4O3. The highest BCUT2D eigenvalue weighted by Gasteiger charge is 2.31. The first-order chi connectivity index (χ1) is 15.7. The molecule has 1 amide bonds. The summed E-state index contributed by atoms with van der Waals surface area (Å²) in [6.45, 7) is -0.708. The van der Waals surface area contributed by atoms with Crippen molar-refractivity contribution in [3.8, 4) is 11.3 Å². The molecular weight excluding hydrogens is 444 g/mol. The summed E-state index contributed by atoms with van der Waals surface area (Å²) in [5, 5.41) is 14.4. The summed E-state index contributed by atoms with van der Waals surface area (Å²) in [5.74, 6) is -0.956. The fourth-order valence-electron chi connectivity index (χ4n) is 4.09. The van der Waals surface area contributed by atoms with E-state index < -0.39 is 30.5 Å². The van der Waals surface area contributed by atoms with Crippen molar-refractivity contribution in [2.75, 3.05) is 13.1 Å². The van der Waals surface area contributed by atoms with Crippen LogP contribution in [-0.4, -0.2) is 56.0 Å². The van der Waals surface area contributed by atoms with E-state index in [1.165, 1.54) is 41.6 Å². The molecule has 4 heterocycles. The van der Waals surface area contributed by atoms with Crippen LogP contribution >= 0.6 is 0 Å². The Hall–Kier alpha value is -3.47. The van der Waals surface area contributed by atoms with Crippen molar-refractivity contribution in [3.05, 3.63) is 48.2 Å². The van der Waals surface area contributed by atoms with Gasteiger partial charge in [-0.2, -0.15) is 18.3 Å². The number of carbonyl (C=O) groups excluding carboxylic acids is 1. The van der Waals surface area contributed by atoms with Crippen molar-refractivity contribution in [2.24, 2.45) is 0 Å². The molecule has 1 aliphatic heterocycles. The Kier molecular flexibility index (Phi) is 5.08. The number of pyridine rings is 1. The number of aromatic nitrogens is 3. The molecule has 1 fully saturated rings. The maximum Gasteiger partial charge on any atom is 0.408 e. The Bertz CT molecular complexity index is 1350. The maximum absolute atomic E-state index is 13.8. The van der Waals surface area contributed by atoms with Crippen molar-refractivity contribution in [1.29, 1.82) is 0 Å². The summed E-state index contributed by atoms with van der Waals surface area (Å²) < 4.78 is 59.8. The first-order valence-electron chi connectivity index (χ1n) is 10.3. The molecule has 4 aromatic rings. The van der Waals surface area contributed by atoms with E-state index in [0.717, 1.165) is 4.68 Å². The van der Waals surface area contributed by atoms with Crippen LogP contribution in [0.25, 0.3) is 33.1 Å². The van der Waals surface area contributed by atoms with E-state index in [1.54, 1.807) is 0 Å². The third-order valence-corrected chi connectivity index (χ3v) is 5.73. The summed E-state index contributed by atoms with van der Waals surface area (Å²) >= 11 is 0. The molecule has 0 atom stereocenters. The van der Waals surface area contributed by atoms with Gasteiger partial charge in [-0.25, -0.2) is 4.39 Å². The van der Waals surface area contributed by atoms with Crippen molar-refractivity contribution < 1.29 is 31.9 Å². The van der Waals surface area contributed by atoms with Gasteiger partial charge in [-0.05, 0) is 37.1 Å². The fraction of sp³-hybridized carbons (Fsp3) is 0.318. The molecule has 0 saturated carbocycles. The Morgan fingerprint density at radius 3 is 2.67 bits per heavy atom. The van der Waals surface area contributed by atoms with Gasteiger partial charge in [0, 0.05) is 35.6 Å². The van der Waals surface area contributed by atoms with Crippen LogP contribution in [0.5, 0.6) is 0 Å². The number of halogens is 4. The first-order valence-corrected chi connectivity index (χ1v) is 10.3. The lowest BCUT2D eigenvalue weighted by Crippen LogP contribution is -2.40. The molecule has 0 unspecified atom stereocenters. The molecule has 1 N–H and O–H groups in total. The summed E-state index contributed by atoms with van der Waals surface area (Å²) in [4.78, 5) is 18.6. The molecule has 0 spiro atoms. The smallest absolute Gasteiger partial charge is 0.408 e. The Morgan fingerprint density at radius 2 is 1.94 bits per heavy atom. The Morgan fingerprint density at radius 1 is 1.18 bits per heavy atom. The molecule has 0 bridgehead atoms. The highest BCUT2D eigenvalue weighted by molar-refractivity contribution is 6.03. The number of carbonyl (C=O) groups is 1. The lowest BCUT2D eigenvalue weighted by atomic mass is 10.1. The number of rotatable bonds is 3. The first kappa shape index (κ1) is 21.4. The Balaban J connectivity index is 1.62. The number of fused-ring (bicyclic) bond motifs is 2. The van der Waals surface area contributed by atoms with E-state index in [9.17, 15) is 27.5 Å². The van der Waals surface area contributed by atoms with Gasteiger partial charge in [0.15, 0.2) is 0 Å². The van der Waals surface area contributed by atoms with Gasteiger partial charge in [0.2, 0.25) is 0 Å². The molecule has 1 saturated heterocycles. The average Bonchev–Trinajstić information content (AvgIpc) is 3.33. The number of likely N-dealkylation sites (tertiary alicyclic amines) is 1. The number of aliphatic hydroxyl groups is 1. The molecule has 1 aromatic carbocycles. The molecule has 0 radical (unpaired) electrons. The zero-order chi connectivity index (χ0) is 23.3. The third-order valence-electron chi connectivity index (χ3n) is 5.73. The number of benzene rings is 1. The number of furan rings is 1. The number of hydrogen-bond acceptors (Lipinski definition) is 5. The van der Waals surface area contributed by atoms with E-state index in [4.69, 9.17) is 4.42 Å². The lowest BCUT2D eigenvalue weighted by molar-refractivity contribution is -0.141. The SMILES string of the molecule is O=C(c1cc2c(cn1)c(-c1coc3ccc(F)cc13)nn2CC(F)(F)F)N1CCC(O)CC1. The Labute approximate surface area is 184 Å². The minimum absolute atomic E-state index is 0.0168. The monoisotopic (exact) mass is 462 g/mol. The fourth-order valence-corrected chi connectivity index (χ4v) is 4.09. The number of hydrogen-bond donors (Lipinski definition) is 1. The second-order valence-electron chi connectivity index (χ2n) is 8.02. The molecule has 172 valence electrons. The second-order valence-corrected chi connectivity index (χ2v) is 8.02. The van der Waals surface area contributed by atoms with E-state index in [0.29, 0.717) is 42.5 Å². The van der Waals surface area contributed by atoms with E-state index in [2.05, 4.69) is 10.1 Å². The lowest BCUT2D eigenvalue weighted by Gasteiger charge is -2.29. The van der Waals surface area contributed by atoms with Crippen LogP contribution in [0, 0.1) is 5.82 Å². The van der Waals surface area contributed by atoms with Crippen LogP contribution in [-0.2, 0) is 6.54 Å². The van der Waals surface area contributed by atoms with Gasteiger partial charge in [-0.3, -0.25) is 14.5 Å². The molecule has 1 aliphatic rings. The highest BCUT2D eigenvalue weighted by Crippen LogP contribution is 2.36. The predicted octanol–water partition coefficient (Wildman–Crippen LogP) is 4.14. The van der Waals surface area contributed by atoms with Crippen molar-refractivity contribution in [1.82, 2.24) is 19.7 Å². The zero-order valence-corrected chi connectivity index (χ0v) is 17.1. The zero-order valence-electron chi connectivity index (χ0n) is 17.1. The van der Waals surface area contributed by atoms with Crippen molar-refractivity contribution in [2.45, 2.75) is 31.7 Å². The minimum Gasteiger partial charge on any atom is -0.464 e. The van der Waals surface area contributed by atoms with Crippen LogP contribution in [0.3, 0.4) is 0 Å². The molecule has 3 aromatic heterocycles.